The molecular formula is C13H10BrClO3S. The van der Waals surface area contributed by atoms with Crippen molar-refractivity contribution in [2.75, 3.05) is 13.2 Å². The van der Waals surface area contributed by atoms with Gasteiger partial charge in [0.25, 0.3) is 0 Å². The van der Waals surface area contributed by atoms with Crippen LogP contribution in [-0.4, -0.2) is 18.3 Å². The van der Waals surface area contributed by atoms with Crippen LogP contribution in [0.5, 0.6) is 11.5 Å². The van der Waals surface area contributed by atoms with Gasteiger partial charge in [-0.3, -0.25) is 0 Å². The minimum Gasteiger partial charge on any atom is -0.486 e. The highest BCUT2D eigenvalue weighted by atomic mass is 79.9. The Morgan fingerprint density at radius 1 is 1.26 bits per heavy atom. The van der Waals surface area contributed by atoms with Gasteiger partial charge in [-0.05, 0) is 23.6 Å². The Hall–Kier alpha value is -0.750. The number of hydrogen-bond acceptors (Lipinski definition) is 4. The summed E-state index contributed by atoms with van der Waals surface area (Å²) in [6.45, 7) is 1.06. The quantitative estimate of drug-likeness (QED) is 0.878. The van der Waals surface area contributed by atoms with Crippen LogP contribution in [0.3, 0.4) is 0 Å². The number of thiophene rings is 1. The van der Waals surface area contributed by atoms with Crippen LogP contribution in [0.15, 0.2) is 28.1 Å². The van der Waals surface area contributed by atoms with Gasteiger partial charge in [0.05, 0.1) is 9.90 Å². The van der Waals surface area contributed by atoms with Crippen molar-refractivity contribution in [3.05, 3.63) is 43.5 Å². The molecule has 1 aromatic heterocycles. The van der Waals surface area contributed by atoms with Crippen molar-refractivity contribution in [2.24, 2.45) is 0 Å². The van der Waals surface area contributed by atoms with Gasteiger partial charge in [0.2, 0.25) is 0 Å². The lowest BCUT2D eigenvalue weighted by molar-refractivity contribution is 0.169. The summed E-state index contributed by atoms with van der Waals surface area (Å²) in [6, 6.07) is 5.38. The summed E-state index contributed by atoms with van der Waals surface area (Å²) in [5, 5.41) is 12.9. The fourth-order valence-corrected chi connectivity index (χ4v) is 3.63. The van der Waals surface area contributed by atoms with Gasteiger partial charge in [-0.15, -0.1) is 11.3 Å². The molecule has 1 aliphatic heterocycles. The third-order valence-electron chi connectivity index (χ3n) is 2.85. The zero-order valence-electron chi connectivity index (χ0n) is 9.73. The predicted octanol–water partition coefficient (Wildman–Crippen LogP) is 4.02. The molecule has 3 rings (SSSR count). The third-order valence-corrected chi connectivity index (χ3v) is 4.95. The van der Waals surface area contributed by atoms with Gasteiger partial charge >= 0.3 is 0 Å². The van der Waals surface area contributed by atoms with Gasteiger partial charge < -0.3 is 14.6 Å². The van der Waals surface area contributed by atoms with E-state index >= 15 is 0 Å². The number of aliphatic hydroxyl groups excluding tert-OH is 1. The second-order valence-electron chi connectivity index (χ2n) is 4.05. The smallest absolute Gasteiger partial charge is 0.162 e. The van der Waals surface area contributed by atoms with E-state index in [0.29, 0.717) is 35.3 Å². The fraction of sp³-hybridized carbons (Fsp3) is 0.231. The summed E-state index contributed by atoms with van der Waals surface area (Å²) in [4.78, 5) is 0.721. The van der Waals surface area contributed by atoms with Crippen molar-refractivity contribution >= 4 is 38.9 Å². The zero-order valence-corrected chi connectivity index (χ0v) is 12.9. The van der Waals surface area contributed by atoms with Crippen LogP contribution in [0.1, 0.15) is 16.5 Å². The van der Waals surface area contributed by atoms with Crippen LogP contribution < -0.4 is 9.47 Å². The van der Waals surface area contributed by atoms with Crippen molar-refractivity contribution in [3.8, 4) is 11.5 Å². The van der Waals surface area contributed by atoms with Crippen LogP contribution in [0.25, 0.3) is 0 Å². The molecule has 0 bridgehead atoms. The van der Waals surface area contributed by atoms with Crippen LogP contribution in [-0.2, 0) is 0 Å². The average Bonchev–Trinajstić information content (AvgIpc) is 2.83. The second-order valence-corrected chi connectivity index (χ2v) is 6.26. The monoisotopic (exact) mass is 360 g/mol. The Bertz CT molecular complexity index is 614. The minimum absolute atomic E-state index is 0.518. The molecule has 1 aliphatic rings. The summed E-state index contributed by atoms with van der Waals surface area (Å²) >= 11 is 10.9. The molecule has 0 saturated heterocycles. The lowest BCUT2D eigenvalue weighted by atomic mass is 10.1. The molecule has 0 aliphatic carbocycles. The van der Waals surface area contributed by atoms with Crippen LogP contribution >= 0.6 is 38.9 Å². The van der Waals surface area contributed by atoms with Crippen LogP contribution in [0, 0.1) is 0 Å². The van der Waals surface area contributed by atoms with Gasteiger partial charge in [-0.2, -0.15) is 0 Å². The molecule has 0 amide bonds. The maximum Gasteiger partial charge on any atom is 0.162 e. The molecular weight excluding hydrogens is 352 g/mol. The molecule has 3 nitrogen and oxygen atoms in total. The van der Waals surface area contributed by atoms with Gasteiger partial charge in [-0.1, -0.05) is 27.5 Å². The Morgan fingerprint density at radius 3 is 2.58 bits per heavy atom. The van der Waals surface area contributed by atoms with Crippen LogP contribution in [0.2, 0.25) is 5.02 Å². The molecule has 2 heterocycles. The summed E-state index contributed by atoms with van der Waals surface area (Å²) in [5.41, 5.74) is 0.716. The minimum atomic E-state index is -0.780. The third kappa shape index (κ3) is 2.48. The molecule has 0 saturated carbocycles. The molecule has 1 unspecified atom stereocenters. The first-order valence-electron chi connectivity index (χ1n) is 5.67. The highest BCUT2D eigenvalue weighted by molar-refractivity contribution is 9.10. The van der Waals surface area contributed by atoms with E-state index in [1.165, 1.54) is 11.3 Å². The molecule has 100 valence electrons. The normalized spacial score (nSPS) is 15.3. The SMILES string of the molecule is OC(c1cc2c(cc1Br)OCCO2)c1sccc1Cl. The number of benzene rings is 1. The average molecular weight is 362 g/mol. The summed E-state index contributed by atoms with van der Waals surface area (Å²) in [6.07, 6.45) is -0.780. The molecule has 1 atom stereocenters. The Kier molecular flexibility index (Phi) is 3.71. The molecule has 0 fully saturated rings. The summed E-state index contributed by atoms with van der Waals surface area (Å²) in [5.74, 6) is 1.34. The first-order valence-corrected chi connectivity index (χ1v) is 7.72. The van der Waals surface area contributed by atoms with Crippen molar-refractivity contribution in [1.29, 1.82) is 0 Å². The Morgan fingerprint density at radius 2 is 1.95 bits per heavy atom. The summed E-state index contributed by atoms with van der Waals surface area (Å²) in [7, 11) is 0. The van der Waals surface area contributed by atoms with E-state index in [4.69, 9.17) is 21.1 Å². The predicted molar refractivity (Wildman–Crippen MR) is 78.5 cm³/mol. The molecule has 1 aromatic carbocycles. The van der Waals surface area contributed by atoms with Gasteiger partial charge in [0.15, 0.2) is 11.5 Å². The number of rotatable bonds is 2. The number of halogens is 2. The molecule has 0 spiro atoms. The van der Waals surface area contributed by atoms with Crippen LogP contribution in [0.4, 0.5) is 0 Å². The van der Waals surface area contributed by atoms with E-state index in [1.54, 1.807) is 12.1 Å². The van der Waals surface area contributed by atoms with Crippen molar-refractivity contribution in [1.82, 2.24) is 0 Å². The zero-order chi connectivity index (χ0) is 13.4. The highest BCUT2D eigenvalue weighted by Gasteiger charge is 2.22. The lowest BCUT2D eigenvalue weighted by Crippen LogP contribution is -2.16. The van der Waals surface area contributed by atoms with E-state index in [9.17, 15) is 5.11 Å². The molecule has 1 N–H and O–H groups in total. The number of hydrogen-bond donors (Lipinski definition) is 1. The fourth-order valence-electron chi connectivity index (χ4n) is 1.93. The van der Waals surface area contributed by atoms with Crippen molar-refractivity contribution < 1.29 is 14.6 Å². The number of fused-ring (bicyclic) bond motifs is 1. The molecule has 0 radical (unpaired) electrons. The second kappa shape index (κ2) is 5.32. The molecule has 19 heavy (non-hydrogen) atoms. The van der Waals surface area contributed by atoms with E-state index in [0.717, 1.165) is 9.35 Å². The van der Waals surface area contributed by atoms with Gasteiger partial charge in [-0.25, -0.2) is 0 Å². The number of aliphatic hydroxyl groups is 1. The standard InChI is InChI=1S/C13H10BrClO3S/c14-8-6-11-10(17-2-3-18-11)5-7(8)12(16)13-9(15)1-4-19-13/h1,4-6,12,16H,2-3H2. The van der Waals surface area contributed by atoms with E-state index in [1.807, 2.05) is 11.4 Å². The maximum absolute atomic E-state index is 10.4. The highest BCUT2D eigenvalue weighted by Crippen LogP contribution is 2.41. The largest absolute Gasteiger partial charge is 0.486 e. The lowest BCUT2D eigenvalue weighted by Gasteiger charge is -2.21. The van der Waals surface area contributed by atoms with Crippen molar-refractivity contribution in [2.45, 2.75) is 6.10 Å². The van der Waals surface area contributed by atoms with Crippen molar-refractivity contribution in [3.63, 3.8) is 0 Å². The van der Waals surface area contributed by atoms with E-state index in [-0.39, 0.29) is 0 Å². The van der Waals surface area contributed by atoms with Gasteiger partial charge in [0.1, 0.15) is 19.3 Å². The summed E-state index contributed by atoms with van der Waals surface area (Å²) < 4.78 is 11.8. The molecule has 6 heteroatoms. The number of ether oxygens (including phenoxy) is 2. The van der Waals surface area contributed by atoms with Gasteiger partial charge in [0, 0.05) is 10.0 Å². The van der Waals surface area contributed by atoms with E-state index < -0.39 is 6.10 Å². The van der Waals surface area contributed by atoms with E-state index in [2.05, 4.69) is 15.9 Å². The maximum atomic E-state index is 10.4. The molecule has 2 aromatic rings. The first kappa shape index (κ1) is 13.2. The Labute approximate surface area is 127 Å². The first-order chi connectivity index (χ1) is 9.16. The topological polar surface area (TPSA) is 38.7 Å². The Balaban J connectivity index is 2.03.